The van der Waals surface area contributed by atoms with Crippen LogP contribution in [0.5, 0.6) is 0 Å². The Morgan fingerprint density at radius 3 is 1.21 bits per heavy atom. The highest BCUT2D eigenvalue weighted by molar-refractivity contribution is 5.76. The van der Waals surface area contributed by atoms with Gasteiger partial charge in [0.15, 0.2) is 0 Å². The maximum Gasteiger partial charge on any atom is 0.220 e. The third-order valence-corrected chi connectivity index (χ3v) is 10.5. The lowest BCUT2D eigenvalue weighted by molar-refractivity contribution is -0.123. The molecule has 3 N–H and O–H groups in total. The first-order chi connectivity index (χ1) is 26.2. The molecule has 310 valence electrons. The molecule has 0 heterocycles. The lowest BCUT2D eigenvalue weighted by Gasteiger charge is -2.19. The summed E-state index contributed by atoms with van der Waals surface area (Å²) in [5.41, 5.74) is 0. The molecule has 0 rings (SSSR count). The van der Waals surface area contributed by atoms with Gasteiger partial charge in [0.25, 0.3) is 0 Å². The quantitative estimate of drug-likeness (QED) is 0.0431. The summed E-state index contributed by atoms with van der Waals surface area (Å²) in [5, 5.41) is 23.0. The van der Waals surface area contributed by atoms with E-state index < -0.39 is 12.1 Å². The summed E-state index contributed by atoms with van der Waals surface area (Å²) in [6.07, 6.45) is 60.8. The van der Waals surface area contributed by atoms with Gasteiger partial charge in [-0.25, -0.2) is 0 Å². The van der Waals surface area contributed by atoms with Crippen molar-refractivity contribution in [2.45, 2.75) is 251 Å². The number of rotatable bonds is 42. The zero-order valence-corrected chi connectivity index (χ0v) is 35.5. The molecule has 2 atom stereocenters. The molecule has 0 aromatic carbocycles. The molecular formula is C49H91NO3. The summed E-state index contributed by atoms with van der Waals surface area (Å²) >= 11 is 0. The second-order valence-electron chi connectivity index (χ2n) is 15.8. The molecule has 0 saturated heterocycles. The van der Waals surface area contributed by atoms with Crippen molar-refractivity contribution in [2.24, 2.45) is 0 Å². The Bertz CT molecular complexity index is 847. The minimum Gasteiger partial charge on any atom is -0.394 e. The molecule has 4 nitrogen and oxygen atoms in total. The van der Waals surface area contributed by atoms with Crippen LogP contribution in [0.25, 0.3) is 0 Å². The van der Waals surface area contributed by atoms with Gasteiger partial charge in [0.1, 0.15) is 0 Å². The van der Waals surface area contributed by atoms with Crippen LogP contribution in [-0.4, -0.2) is 34.9 Å². The van der Waals surface area contributed by atoms with E-state index in [1.54, 1.807) is 6.08 Å². The van der Waals surface area contributed by atoms with E-state index in [2.05, 4.69) is 55.6 Å². The van der Waals surface area contributed by atoms with Crippen molar-refractivity contribution in [2.75, 3.05) is 6.61 Å². The van der Waals surface area contributed by atoms with E-state index in [1.807, 2.05) is 6.08 Å². The molecule has 0 saturated carbocycles. The number of aliphatic hydroxyl groups is 2. The number of hydrogen-bond acceptors (Lipinski definition) is 3. The van der Waals surface area contributed by atoms with Gasteiger partial charge in [-0.05, 0) is 64.2 Å². The molecule has 1 amide bonds. The van der Waals surface area contributed by atoms with Gasteiger partial charge in [-0.2, -0.15) is 0 Å². The number of carbonyl (C=O) groups is 1. The second kappa shape index (κ2) is 44.7. The number of allylic oxidation sites excluding steroid dienone is 7. The number of hydrogen-bond donors (Lipinski definition) is 3. The van der Waals surface area contributed by atoms with Gasteiger partial charge in [0.05, 0.1) is 18.8 Å². The Morgan fingerprint density at radius 1 is 0.453 bits per heavy atom. The predicted molar refractivity (Wildman–Crippen MR) is 235 cm³/mol. The Balaban J connectivity index is 3.61. The maximum absolute atomic E-state index is 12.4. The van der Waals surface area contributed by atoms with E-state index in [9.17, 15) is 15.0 Å². The normalized spacial score (nSPS) is 13.4. The number of nitrogens with one attached hydrogen (secondary N) is 1. The van der Waals surface area contributed by atoms with Crippen molar-refractivity contribution < 1.29 is 15.0 Å². The van der Waals surface area contributed by atoms with Crippen LogP contribution in [-0.2, 0) is 4.79 Å². The third kappa shape index (κ3) is 41.4. The van der Waals surface area contributed by atoms with Crippen molar-refractivity contribution in [3.63, 3.8) is 0 Å². The van der Waals surface area contributed by atoms with Gasteiger partial charge in [0.2, 0.25) is 5.91 Å². The maximum atomic E-state index is 12.4. The Morgan fingerprint density at radius 2 is 0.792 bits per heavy atom. The minimum absolute atomic E-state index is 0.0780. The summed E-state index contributed by atoms with van der Waals surface area (Å²) in [4.78, 5) is 12.4. The van der Waals surface area contributed by atoms with Crippen molar-refractivity contribution in [3.8, 4) is 0 Å². The number of aliphatic hydroxyl groups excluding tert-OH is 2. The molecule has 53 heavy (non-hydrogen) atoms. The van der Waals surface area contributed by atoms with E-state index >= 15 is 0 Å². The second-order valence-corrected chi connectivity index (χ2v) is 15.8. The average Bonchev–Trinajstić information content (AvgIpc) is 3.16. The number of amides is 1. The van der Waals surface area contributed by atoms with Crippen LogP contribution in [0.2, 0.25) is 0 Å². The molecule has 2 unspecified atom stereocenters. The van der Waals surface area contributed by atoms with E-state index in [0.29, 0.717) is 6.42 Å². The highest BCUT2D eigenvalue weighted by atomic mass is 16.3. The Kier molecular flexibility index (Phi) is 43.4. The van der Waals surface area contributed by atoms with Crippen molar-refractivity contribution in [1.29, 1.82) is 0 Å². The fourth-order valence-electron chi connectivity index (χ4n) is 6.93. The Hall–Kier alpha value is -1.65. The molecule has 0 aliphatic rings. The van der Waals surface area contributed by atoms with Crippen molar-refractivity contribution >= 4 is 5.91 Å². The lowest BCUT2D eigenvalue weighted by Crippen LogP contribution is -2.45. The predicted octanol–water partition coefficient (Wildman–Crippen LogP) is 14.7. The molecule has 0 spiro atoms. The Labute approximate surface area is 331 Å². The van der Waals surface area contributed by atoms with E-state index in [0.717, 1.165) is 38.5 Å². The van der Waals surface area contributed by atoms with Crippen LogP contribution < -0.4 is 5.32 Å². The van der Waals surface area contributed by atoms with Crippen LogP contribution in [0, 0.1) is 0 Å². The monoisotopic (exact) mass is 742 g/mol. The molecule has 0 aliphatic carbocycles. The molecule has 0 radical (unpaired) electrons. The smallest absolute Gasteiger partial charge is 0.220 e. The van der Waals surface area contributed by atoms with Gasteiger partial charge in [-0.1, -0.05) is 217 Å². The van der Waals surface area contributed by atoms with Gasteiger partial charge in [0, 0.05) is 6.42 Å². The third-order valence-electron chi connectivity index (χ3n) is 10.5. The van der Waals surface area contributed by atoms with E-state index in [4.69, 9.17) is 0 Å². The first kappa shape index (κ1) is 51.4. The first-order valence-electron chi connectivity index (χ1n) is 23.4. The van der Waals surface area contributed by atoms with Crippen LogP contribution in [0.3, 0.4) is 0 Å². The van der Waals surface area contributed by atoms with Crippen LogP contribution in [0.1, 0.15) is 239 Å². The van der Waals surface area contributed by atoms with Gasteiger partial charge in [-0.15, -0.1) is 0 Å². The number of carbonyl (C=O) groups excluding carboxylic acids is 1. The molecular weight excluding hydrogens is 651 g/mol. The fourth-order valence-corrected chi connectivity index (χ4v) is 6.93. The minimum atomic E-state index is -0.864. The van der Waals surface area contributed by atoms with Crippen LogP contribution >= 0.6 is 0 Å². The molecule has 4 heteroatoms. The standard InChI is InChI=1S/C49H91NO3/c1-3-5-7-9-11-13-15-17-19-21-23-25-27-29-31-33-35-37-39-41-43-45-49(53)50-47(46-51)48(52)44-42-40-38-36-34-32-30-28-26-24-22-20-18-16-14-12-10-8-6-4-2/h15,17,21,23,34,36,42,44,47-48,51-52H,3-14,16,18-20,22,24-33,35,37-41,43,45-46H2,1-2H3,(H,50,53)/b17-15-,23-21-,36-34+,44-42+. The molecule has 0 fully saturated rings. The molecule has 0 bridgehead atoms. The lowest BCUT2D eigenvalue weighted by atomic mass is 10.0. The van der Waals surface area contributed by atoms with Gasteiger partial charge in [-0.3, -0.25) is 4.79 Å². The summed E-state index contributed by atoms with van der Waals surface area (Å²) in [7, 11) is 0. The van der Waals surface area contributed by atoms with Crippen molar-refractivity contribution in [1.82, 2.24) is 5.32 Å². The van der Waals surface area contributed by atoms with E-state index in [-0.39, 0.29) is 12.5 Å². The largest absolute Gasteiger partial charge is 0.394 e. The van der Waals surface area contributed by atoms with Gasteiger partial charge >= 0.3 is 0 Å². The van der Waals surface area contributed by atoms with E-state index in [1.165, 1.54) is 180 Å². The van der Waals surface area contributed by atoms with Crippen LogP contribution in [0.4, 0.5) is 0 Å². The average molecular weight is 742 g/mol. The van der Waals surface area contributed by atoms with Crippen LogP contribution in [0.15, 0.2) is 48.6 Å². The summed E-state index contributed by atoms with van der Waals surface area (Å²) in [6.45, 7) is 4.29. The topological polar surface area (TPSA) is 69.6 Å². The fraction of sp³-hybridized carbons (Fsp3) is 0.816. The first-order valence-corrected chi connectivity index (χ1v) is 23.4. The van der Waals surface area contributed by atoms with Crippen molar-refractivity contribution in [3.05, 3.63) is 48.6 Å². The summed E-state index contributed by atoms with van der Waals surface area (Å²) in [5.74, 6) is -0.0780. The highest BCUT2D eigenvalue weighted by Crippen LogP contribution is 2.15. The number of unbranched alkanes of at least 4 members (excludes halogenated alkanes) is 29. The molecule has 0 aliphatic heterocycles. The van der Waals surface area contributed by atoms with Gasteiger partial charge < -0.3 is 15.5 Å². The summed E-state index contributed by atoms with van der Waals surface area (Å²) in [6, 6.07) is -0.642. The zero-order valence-electron chi connectivity index (χ0n) is 35.5. The molecule has 0 aromatic rings. The SMILES string of the molecule is CCCCCCC/C=C\C/C=C\CCCCCCCCCCCC(=O)NC(CO)C(O)/C=C/CC/C=C/CCCCCCCCCCCCCCCC. The zero-order chi connectivity index (χ0) is 38.6. The highest BCUT2D eigenvalue weighted by Gasteiger charge is 2.17. The molecule has 0 aromatic heterocycles. The summed E-state index contributed by atoms with van der Waals surface area (Å²) < 4.78 is 0.